The molecule has 2 N–H and O–H groups in total. The topological polar surface area (TPSA) is 70.0 Å². The zero-order valence-electron chi connectivity index (χ0n) is 11.0. The Labute approximate surface area is 102 Å². The fraction of sp³-hybridized carbons (Fsp3) is 0.917. The number of ether oxygens (including phenoxy) is 1. The van der Waals surface area contributed by atoms with Crippen LogP contribution in [0.5, 0.6) is 0 Å². The Morgan fingerprint density at radius 1 is 1.41 bits per heavy atom. The number of amides is 1. The minimum absolute atomic E-state index is 0.159. The molecule has 0 bridgehead atoms. The number of aliphatic hydroxyl groups excluding tert-OH is 1. The lowest BCUT2D eigenvalue weighted by molar-refractivity contribution is -0.122. The standard InChI is InChI=1S/C12H23NO4/c1-5-9(10(14)15)8-6-13(7-8)11(16)17-12(2,3)4/h8-10,14-15H,5-7H2,1-4H3. The smallest absolute Gasteiger partial charge is 0.410 e. The van der Waals surface area contributed by atoms with E-state index in [9.17, 15) is 15.0 Å². The zero-order valence-corrected chi connectivity index (χ0v) is 11.0. The van der Waals surface area contributed by atoms with Crippen LogP contribution in [0.2, 0.25) is 0 Å². The molecule has 0 saturated carbocycles. The molecule has 1 atom stereocenters. The number of carbonyl (C=O) groups is 1. The second kappa shape index (κ2) is 5.23. The highest BCUT2D eigenvalue weighted by Crippen LogP contribution is 2.29. The van der Waals surface area contributed by atoms with Gasteiger partial charge in [0.05, 0.1) is 0 Å². The molecule has 1 rings (SSSR count). The van der Waals surface area contributed by atoms with Crippen LogP contribution in [0.25, 0.3) is 0 Å². The van der Waals surface area contributed by atoms with Crippen LogP contribution in [0.4, 0.5) is 4.79 Å². The van der Waals surface area contributed by atoms with Gasteiger partial charge in [0.15, 0.2) is 6.29 Å². The molecule has 1 heterocycles. The SMILES string of the molecule is CCC(C(O)O)C1CN(C(=O)OC(C)(C)C)C1. The van der Waals surface area contributed by atoms with E-state index in [4.69, 9.17) is 4.74 Å². The Balaban J connectivity index is 2.38. The van der Waals surface area contributed by atoms with Crippen molar-refractivity contribution in [2.45, 2.75) is 46.0 Å². The largest absolute Gasteiger partial charge is 0.444 e. The van der Waals surface area contributed by atoms with Gasteiger partial charge in [-0.15, -0.1) is 0 Å². The molecule has 0 radical (unpaired) electrons. The van der Waals surface area contributed by atoms with E-state index in [-0.39, 0.29) is 17.9 Å². The number of rotatable bonds is 3. The molecule has 5 heteroatoms. The van der Waals surface area contributed by atoms with E-state index in [1.165, 1.54) is 0 Å². The number of likely N-dealkylation sites (tertiary alicyclic amines) is 1. The zero-order chi connectivity index (χ0) is 13.2. The lowest BCUT2D eigenvalue weighted by Crippen LogP contribution is -2.55. The maximum atomic E-state index is 11.6. The molecule has 1 aliphatic heterocycles. The number of carbonyl (C=O) groups excluding carboxylic acids is 1. The van der Waals surface area contributed by atoms with Crippen molar-refractivity contribution >= 4 is 6.09 Å². The molecule has 0 spiro atoms. The number of nitrogens with zero attached hydrogens (tertiary/aromatic N) is 1. The lowest BCUT2D eigenvalue weighted by Gasteiger charge is -2.43. The molecule has 0 aromatic carbocycles. The molecule has 1 fully saturated rings. The first-order chi connectivity index (χ1) is 7.74. The third kappa shape index (κ3) is 3.85. The van der Waals surface area contributed by atoms with Crippen LogP contribution in [0, 0.1) is 11.8 Å². The van der Waals surface area contributed by atoms with Gasteiger partial charge in [0.1, 0.15) is 5.60 Å². The third-order valence-electron chi connectivity index (χ3n) is 3.02. The molecule has 1 unspecified atom stereocenters. The van der Waals surface area contributed by atoms with Crippen LogP contribution in [0.15, 0.2) is 0 Å². The van der Waals surface area contributed by atoms with Crippen molar-refractivity contribution < 1.29 is 19.7 Å². The molecule has 1 saturated heterocycles. The van der Waals surface area contributed by atoms with Crippen LogP contribution >= 0.6 is 0 Å². The van der Waals surface area contributed by atoms with Gasteiger partial charge in [0.25, 0.3) is 0 Å². The predicted octanol–water partition coefficient (Wildman–Crippen LogP) is 1.19. The van der Waals surface area contributed by atoms with E-state index in [0.29, 0.717) is 19.5 Å². The predicted molar refractivity (Wildman–Crippen MR) is 63.3 cm³/mol. The summed E-state index contributed by atoms with van der Waals surface area (Å²) in [5, 5.41) is 18.4. The lowest BCUT2D eigenvalue weighted by atomic mass is 9.84. The summed E-state index contributed by atoms with van der Waals surface area (Å²) in [5.41, 5.74) is -0.483. The van der Waals surface area contributed by atoms with E-state index >= 15 is 0 Å². The summed E-state index contributed by atoms with van der Waals surface area (Å²) in [6.45, 7) is 8.49. The van der Waals surface area contributed by atoms with Crippen molar-refractivity contribution in [3.8, 4) is 0 Å². The van der Waals surface area contributed by atoms with Gasteiger partial charge in [-0.3, -0.25) is 0 Å². The summed E-state index contributed by atoms with van der Waals surface area (Å²) < 4.78 is 5.23. The molecule has 0 aliphatic carbocycles. The number of hydrogen-bond donors (Lipinski definition) is 2. The summed E-state index contributed by atoms with van der Waals surface area (Å²) in [6, 6.07) is 0. The molecule has 5 nitrogen and oxygen atoms in total. The molecule has 100 valence electrons. The fourth-order valence-corrected chi connectivity index (χ4v) is 2.05. The second-order valence-corrected chi connectivity index (χ2v) is 5.63. The molecule has 0 aromatic heterocycles. The van der Waals surface area contributed by atoms with Crippen LogP contribution in [-0.2, 0) is 4.74 Å². The second-order valence-electron chi connectivity index (χ2n) is 5.63. The normalized spacial score (nSPS) is 19.1. The Bertz CT molecular complexity index is 266. The molecule has 1 amide bonds. The Morgan fingerprint density at radius 2 is 1.94 bits per heavy atom. The van der Waals surface area contributed by atoms with Gasteiger partial charge in [-0.1, -0.05) is 6.92 Å². The van der Waals surface area contributed by atoms with Crippen molar-refractivity contribution in [1.29, 1.82) is 0 Å². The van der Waals surface area contributed by atoms with Crippen molar-refractivity contribution in [3.05, 3.63) is 0 Å². The quantitative estimate of drug-likeness (QED) is 0.733. The number of hydrogen-bond acceptors (Lipinski definition) is 4. The highest BCUT2D eigenvalue weighted by molar-refractivity contribution is 5.69. The average molecular weight is 245 g/mol. The van der Waals surface area contributed by atoms with Crippen molar-refractivity contribution in [2.24, 2.45) is 11.8 Å². The summed E-state index contributed by atoms with van der Waals surface area (Å²) in [7, 11) is 0. The van der Waals surface area contributed by atoms with Crippen molar-refractivity contribution in [1.82, 2.24) is 4.90 Å². The highest BCUT2D eigenvalue weighted by Gasteiger charge is 2.39. The first kappa shape index (κ1) is 14.3. The van der Waals surface area contributed by atoms with E-state index in [1.54, 1.807) is 4.90 Å². The van der Waals surface area contributed by atoms with Gasteiger partial charge < -0.3 is 19.8 Å². The Kier molecular flexibility index (Phi) is 4.38. The van der Waals surface area contributed by atoms with Gasteiger partial charge in [-0.2, -0.15) is 0 Å². The van der Waals surface area contributed by atoms with Crippen LogP contribution < -0.4 is 0 Å². The van der Waals surface area contributed by atoms with E-state index < -0.39 is 11.9 Å². The van der Waals surface area contributed by atoms with E-state index in [0.717, 1.165) is 0 Å². The molecular weight excluding hydrogens is 222 g/mol. The highest BCUT2D eigenvalue weighted by atomic mass is 16.6. The maximum absolute atomic E-state index is 11.6. The first-order valence-corrected chi connectivity index (χ1v) is 6.08. The average Bonchev–Trinajstić information content (AvgIpc) is 2.05. The monoisotopic (exact) mass is 245 g/mol. The first-order valence-electron chi connectivity index (χ1n) is 6.08. The fourth-order valence-electron chi connectivity index (χ4n) is 2.05. The third-order valence-corrected chi connectivity index (χ3v) is 3.02. The van der Waals surface area contributed by atoms with E-state index in [1.807, 2.05) is 27.7 Å². The van der Waals surface area contributed by atoms with Crippen molar-refractivity contribution in [3.63, 3.8) is 0 Å². The minimum atomic E-state index is -1.30. The van der Waals surface area contributed by atoms with Crippen molar-refractivity contribution in [2.75, 3.05) is 13.1 Å². The van der Waals surface area contributed by atoms with Gasteiger partial charge in [0, 0.05) is 24.9 Å². The summed E-state index contributed by atoms with van der Waals surface area (Å²) in [6.07, 6.45) is -0.924. The summed E-state index contributed by atoms with van der Waals surface area (Å²) in [5.74, 6) is 0.00112. The molecule has 1 aliphatic rings. The van der Waals surface area contributed by atoms with Gasteiger partial charge in [-0.25, -0.2) is 4.79 Å². The molecule has 0 aromatic rings. The maximum Gasteiger partial charge on any atom is 0.410 e. The van der Waals surface area contributed by atoms with Crippen LogP contribution in [0.1, 0.15) is 34.1 Å². The molecular formula is C12H23NO4. The summed E-state index contributed by atoms with van der Waals surface area (Å²) >= 11 is 0. The van der Waals surface area contributed by atoms with E-state index in [2.05, 4.69) is 0 Å². The van der Waals surface area contributed by atoms with Gasteiger partial charge in [-0.05, 0) is 27.2 Å². The van der Waals surface area contributed by atoms with Crippen LogP contribution in [0.3, 0.4) is 0 Å². The Hall–Kier alpha value is -0.810. The Morgan fingerprint density at radius 3 is 2.29 bits per heavy atom. The summed E-state index contributed by atoms with van der Waals surface area (Å²) in [4.78, 5) is 13.2. The van der Waals surface area contributed by atoms with Crippen LogP contribution in [-0.4, -0.2) is 46.2 Å². The number of aliphatic hydroxyl groups is 2. The molecule has 17 heavy (non-hydrogen) atoms. The van der Waals surface area contributed by atoms with Gasteiger partial charge in [0.2, 0.25) is 0 Å². The van der Waals surface area contributed by atoms with Gasteiger partial charge >= 0.3 is 6.09 Å². The minimum Gasteiger partial charge on any atom is -0.444 e.